The Morgan fingerprint density at radius 2 is 2.08 bits per heavy atom. The summed E-state index contributed by atoms with van der Waals surface area (Å²) in [7, 11) is 0. The van der Waals surface area contributed by atoms with Gasteiger partial charge in [-0.3, -0.25) is 5.41 Å². The van der Waals surface area contributed by atoms with Crippen LogP contribution in [0.1, 0.15) is 24.0 Å². The number of ether oxygens (including phenoxy) is 2. The molecule has 126 valence electrons. The molecule has 25 heavy (non-hydrogen) atoms. The molecule has 2 heterocycles. The van der Waals surface area contributed by atoms with Gasteiger partial charge in [0.25, 0.3) is 0 Å². The van der Waals surface area contributed by atoms with Crippen molar-refractivity contribution in [3.8, 4) is 6.07 Å². The highest BCUT2D eigenvalue weighted by molar-refractivity contribution is 5.95. The lowest BCUT2D eigenvalue weighted by molar-refractivity contribution is -0.141. The molecule has 0 fully saturated rings. The van der Waals surface area contributed by atoms with Crippen LogP contribution in [0.25, 0.3) is 0 Å². The van der Waals surface area contributed by atoms with E-state index < -0.39 is 17.8 Å². The van der Waals surface area contributed by atoms with E-state index in [-0.39, 0.29) is 23.8 Å². The summed E-state index contributed by atoms with van der Waals surface area (Å²) in [6.45, 7) is 1.71. The molecule has 1 aliphatic heterocycles. The number of hydrogen-bond donors (Lipinski definition) is 1. The summed E-state index contributed by atoms with van der Waals surface area (Å²) in [4.78, 5) is 12.7. The van der Waals surface area contributed by atoms with Gasteiger partial charge in [0.2, 0.25) is 5.90 Å². The number of furan rings is 1. The Labute approximate surface area is 144 Å². The molecule has 1 aromatic heterocycles. The van der Waals surface area contributed by atoms with E-state index in [9.17, 15) is 10.1 Å². The van der Waals surface area contributed by atoms with E-state index in [0.29, 0.717) is 5.56 Å². The number of carbonyl (C=O) groups is 1. The largest absolute Gasteiger partial charge is 0.472 e. The van der Waals surface area contributed by atoms with Crippen LogP contribution in [0.3, 0.4) is 0 Å². The summed E-state index contributed by atoms with van der Waals surface area (Å²) in [5.41, 5.74) is 1.72. The summed E-state index contributed by atoms with van der Waals surface area (Å²) in [5, 5.41) is 17.4. The van der Waals surface area contributed by atoms with Crippen LogP contribution in [0.2, 0.25) is 0 Å². The average Bonchev–Trinajstić information content (AvgIpc) is 3.14. The van der Waals surface area contributed by atoms with Gasteiger partial charge in [0, 0.05) is 5.92 Å². The maximum Gasteiger partial charge on any atom is 0.338 e. The minimum atomic E-state index is -0.916. The van der Waals surface area contributed by atoms with Crippen LogP contribution >= 0.6 is 0 Å². The van der Waals surface area contributed by atoms with Gasteiger partial charge in [-0.15, -0.1) is 0 Å². The minimum absolute atomic E-state index is 0.114. The van der Waals surface area contributed by atoms with Crippen LogP contribution in [0.4, 0.5) is 0 Å². The molecule has 0 saturated carbocycles. The monoisotopic (exact) mass is 336 g/mol. The van der Waals surface area contributed by atoms with Crippen molar-refractivity contribution in [2.75, 3.05) is 0 Å². The van der Waals surface area contributed by atoms with Crippen LogP contribution < -0.4 is 0 Å². The van der Waals surface area contributed by atoms with Gasteiger partial charge in [0.1, 0.15) is 18.3 Å². The van der Waals surface area contributed by atoms with E-state index in [4.69, 9.17) is 19.3 Å². The van der Waals surface area contributed by atoms with Gasteiger partial charge >= 0.3 is 5.97 Å². The molecule has 0 radical (unpaired) electrons. The predicted molar refractivity (Wildman–Crippen MR) is 88.3 cm³/mol. The molecule has 1 aliphatic rings. The van der Waals surface area contributed by atoms with Crippen molar-refractivity contribution < 1.29 is 18.7 Å². The van der Waals surface area contributed by atoms with Gasteiger partial charge < -0.3 is 13.9 Å². The molecule has 0 saturated heterocycles. The topological polar surface area (TPSA) is 96.3 Å². The molecule has 0 spiro atoms. The minimum Gasteiger partial charge on any atom is -0.472 e. The molecule has 2 unspecified atom stereocenters. The van der Waals surface area contributed by atoms with E-state index in [1.165, 1.54) is 12.5 Å². The number of nitrogens with one attached hydrogen (secondary N) is 1. The van der Waals surface area contributed by atoms with Crippen molar-refractivity contribution in [3.05, 3.63) is 71.4 Å². The number of rotatable bonds is 4. The zero-order valence-corrected chi connectivity index (χ0v) is 13.6. The van der Waals surface area contributed by atoms with E-state index >= 15 is 0 Å². The number of nitriles is 1. The Morgan fingerprint density at radius 1 is 1.32 bits per heavy atom. The Hall–Kier alpha value is -3.33. The molecule has 6 heteroatoms. The highest BCUT2D eigenvalue weighted by atomic mass is 16.5. The second kappa shape index (κ2) is 7.05. The fourth-order valence-corrected chi connectivity index (χ4v) is 2.84. The molecule has 3 rings (SSSR count). The van der Waals surface area contributed by atoms with Gasteiger partial charge in [0.05, 0.1) is 24.2 Å². The van der Waals surface area contributed by atoms with E-state index in [1.54, 1.807) is 13.0 Å². The molecular formula is C19H16N2O4. The maximum atomic E-state index is 12.7. The lowest BCUT2D eigenvalue weighted by Gasteiger charge is -2.29. The van der Waals surface area contributed by atoms with Gasteiger partial charge in [-0.25, -0.2) is 4.79 Å². The Morgan fingerprint density at radius 3 is 2.72 bits per heavy atom. The average molecular weight is 336 g/mol. The van der Waals surface area contributed by atoms with Crippen LogP contribution in [-0.4, -0.2) is 11.9 Å². The van der Waals surface area contributed by atoms with Crippen molar-refractivity contribution >= 4 is 11.9 Å². The summed E-state index contributed by atoms with van der Waals surface area (Å²) >= 11 is 0. The van der Waals surface area contributed by atoms with Gasteiger partial charge in [-0.05, 0) is 24.1 Å². The predicted octanol–water partition coefficient (Wildman–Crippen LogP) is 3.53. The maximum absolute atomic E-state index is 12.7. The number of nitrogens with zero attached hydrogens (tertiary/aromatic N) is 1. The van der Waals surface area contributed by atoms with E-state index in [2.05, 4.69) is 0 Å². The molecule has 0 aliphatic carbocycles. The summed E-state index contributed by atoms with van der Waals surface area (Å²) in [6, 6.07) is 13.0. The summed E-state index contributed by atoms with van der Waals surface area (Å²) < 4.78 is 15.8. The van der Waals surface area contributed by atoms with Gasteiger partial charge in [-0.1, -0.05) is 30.3 Å². The number of hydrogen-bond acceptors (Lipinski definition) is 6. The van der Waals surface area contributed by atoms with Crippen molar-refractivity contribution in [3.63, 3.8) is 0 Å². The van der Waals surface area contributed by atoms with E-state index in [0.717, 1.165) is 5.56 Å². The highest BCUT2D eigenvalue weighted by Crippen LogP contribution is 2.39. The van der Waals surface area contributed by atoms with Crippen LogP contribution in [0.5, 0.6) is 0 Å². The molecule has 1 aromatic carbocycles. The number of allylic oxidation sites excluding steroid dienone is 1. The molecule has 2 aromatic rings. The summed E-state index contributed by atoms with van der Waals surface area (Å²) in [6.07, 6.45) is 2.93. The van der Waals surface area contributed by atoms with Gasteiger partial charge in [0.15, 0.2) is 0 Å². The van der Waals surface area contributed by atoms with Crippen LogP contribution in [0.15, 0.2) is 64.7 Å². The second-order valence-corrected chi connectivity index (χ2v) is 5.64. The normalized spacial score (nSPS) is 19.9. The number of benzene rings is 1. The number of esters is 1. The fraction of sp³-hybridized carbons (Fsp3) is 0.211. The van der Waals surface area contributed by atoms with Crippen LogP contribution in [-0.2, 0) is 20.9 Å². The van der Waals surface area contributed by atoms with Gasteiger partial charge in [-0.2, -0.15) is 5.26 Å². The third kappa shape index (κ3) is 3.31. The zero-order valence-electron chi connectivity index (χ0n) is 13.6. The van der Waals surface area contributed by atoms with E-state index in [1.807, 2.05) is 36.4 Å². The third-order valence-electron chi connectivity index (χ3n) is 4.04. The quantitative estimate of drug-likeness (QED) is 0.862. The molecule has 1 N–H and O–H groups in total. The Balaban J connectivity index is 1.90. The van der Waals surface area contributed by atoms with Crippen molar-refractivity contribution in [1.82, 2.24) is 0 Å². The number of carbonyl (C=O) groups excluding carboxylic acids is 1. The lowest BCUT2D eigenvalue weighted by atomic mass is 9.80. The summed E-state index contributed by atoms with van der Waals surface area (Å²) in [5.74, 6) is -2.07. The first kappa shape index (κ1) is 16.5. The zero-order chi connectivity index (χ0) is 17.8. The second-order valence-electron chi connectivity index (χ2n) is 5.64. The van der Waals surface area contributed by atoms with Crippen LogP contribution in [0, 0.1) is 22.7 Å². The third-order valence-corrected chi connectivity index (χ3v) is 4.04. The van der Waals surface area contributed by atoms with Crippen molar-refractivity contribution in [1.29, 1.82) is 10.7 Å². The molecular weight excluding hydrogens is 320 g/mol. The lowest BCUT2D eigenvalue weighted by Crippen LogP contribution is -2.32. The smallest absolute Gasteiger partial charge is 0.338 e. The first-order chi connectivity index (χ1) is 12.1. The molecule has 0 bridgehead atoms. The Kier molecular flexibility index (Phi) is 4.66. The van der Waals surface area contributed by atoms with Crippen molar-refractivity contribution in [2.45, 2.75) is 19.4 Å². The standard InChI is InChI=1S/C19H16N2O4/c1-12-16(19(22)24-10-13-5-3-2-4-6-13)17(14-7-8-23-11-14)15(9-20)18(21)25-12/h2-8,11,15,17,21H,10H2,1H3. The first-order valence-electron chi connectivity index (χ1n) is 7.71. The SMILES string of the molecule is CC1=C(C(=O)OCc2ccccc2)C(c2ccoc2)C(C#N)C(=N)O1. The first-order valence-corrected chi connectivity index (χ1v) is 7.71. The Bertz CT molecular complexity index is 847. The highest BCUT2D eigenvalue weighted by Gasteiger charge is 2.41. The molecule has 0 amide bonds. The van der Waals surface area contributed by atoms with Crippen molar-refractivity contribution in [2.24, 2.45) is 5.92 Å². The fourth-order valence-electron chi connectivity index (χ4n) is 2.84. The molecule has 2 atom stereocenters. The molecule has 6 nitrogen and oxygen atoms in total.